The molecule has 0 spiro atoms. The number of nitrogens with one attached hydrogen (secondary N) is 1. The Morgan fingerprint density at radius 1 is 1.20 bits per heavy atom. The molecule has 2 unspecified atom stereocenters. The number of rotatable bonds is 6. The molecule has 2 heterocycles. The number of aromatic nitrogens is 1. The van der Waals surface area contributed by atoms with Crippen molar-refractivity contribution in [1.82, 2.24) is 9.88 Å². The Labute approximate surface area is 176 Å². The molecule has 1 N–H and O–H groups in total. The van der Waals surface area contributed by atoms with E-state index < -0.39 is 0 Å². The van der Waals surface area contributed by atoms with E-state index in [4.69, 9.17) is 9.47 Å². The first-order valence-corrected chi connectivity index (χ1v) is 9.92. The van der Waals surface area contributed by atoms with Gasteiger partial charge in [0.15, 0.2) is 6.61 Å². The fraction of sp³-hybridized carbons (Fsp3) is 0.409. The van der Waals surface area contributed by atoms with Crippen LogP contribution in [0.3, 0.4) is 0 Å². The molecule has 0 radical (unpaired) electrons. The summed E-state index contributed by atoms with van der Waals surface area (Å²) in [5.74, 6) is 0.889. The summed E-state index contributed by atoms with van der Waals surface area (Å²) in [6.45, 7) is 5.58. The van der Waals surface area contributed by atoms with Crippen molar-refractivity contribution in [3.63, 3.8) is 0 Å². The predicted octanol–water partition coefficient (Wildman–Crippen LogP) is 2.41. The van der Waals surface area contributed by atoms with Gasteiger partial charge in [0.05, 0.1) is 24.1 Å². The van der Waals surface area contributed by atoms with Crippen LogP contribution >= 0.6 is 0 Å². The van der Waals surface area contributed by atoms with Crippen LogP contribution in [0.4, 0.5) is 11.5 Å². The monoisotopic (exact) mass is 412 g/mol. The lowest BCUT2D eigenvalue weighted by atomic mass is 10.2. The van der Waals surface area contributed by atoms with Gasteiger partial charge < -0.3 is 24.6 Å². The van der Waals surface area contributed by atoms with Gasteiger partial charge in [-0.15, -0.1) is 0 Å². The van der Waals surface area contributed by atoms with Gasteiger partial charge in [0, 0.05) is 32.7 Å². The quantitative estimate of drug-likeness (QED) is 0.785. The Hall–Kier alpha value is -3.13. The van der Waals surface area contributed by atoms with Crippen molar-refractivity contribution in [2.75, 3.05) is 44.0 Å². The normalized spacial score (nSPS) is 18.6. The number of carbonyl (C=O) groups is 2. The van der Waals surface area contributed by atoms with Gasteiger partial charge in [0.2, 0.25) is 0 Å². The van der Waals surface area contributed by atoms with E-state index in [-0.39, 0.29) is 30.6 Å². The van der Waals surface area contributed by atoms with Crippen LogP contribution in [0.2, 0.25) is 0 Å². The lowest BCUT2D eigenvalue weighted by Crippen LogP contribution is -2.45. The summed E-state index contributed by atoms with van der Waals surface area (Å²) in [7, 11) is 3.32. The number of likely N-dealkylation sites (N-methyl/N-ethyl adjacent to an activating group) is 1. The lowest BCUT2D eigenvalue weighted by Gasteiger charge is -2.36. The number of amides is 2. The van der Waals surface area contributed by atoms with Crippen LogP contribution < -0.4 is 15.0 Å². The third-order valence-electron chi connectivity index (χ3n) is 4.71. The van der Waals surface area contributed by atoms with Gasteiger partial charge in [-0.05, 0) is 44.2 Å². The SMILES string of the molecule is CC1CN(c2ccc(NC(=O)c3cccc(OCC(=O)N(C)C)c3)cn2)CC(C)O1. The van der Waals surface area contributed by atoms with Crippen LogP contribution in [0.5, 0.6) is 5.75 Å². The van der Waals surface area contributed by atoms with Crippen LogP contribution in [-0.4, -0.2) is 67.7 Å². The van der Waals surface area contributed by atoms with Gasteiger partial charge in [-0.1, -0.05) is 6.07 Å². The fourth-order valence-electron chi connectivity index (χ4n) is 3.22. The van der Waals surface area contributed by atoms with Crippen molar-refractivity contribution >= 4 is 23.3 Å². The minimum absolute atomic E-state index is 0.0811. The molecule has 1 aromatic heterocycles. The zero-order valence-electron chi connectivity index (χ0n) is 17.8. The Bertz CT molecular complexity index is 875. The molecule has 2 aromatic rings. The van der Waals surface area contributed by atoms with Crippen molar-refractivity contribution in [3.8, 4) is 5.75 Å². The summed E-state index contributed by atoms with van der Waals surface area (Å²) in [5, 5.41) is 2.84. The molecule has 0 aliphatic carbocycles. The standard InChI is InChI=1S/C22H28N4O4/c1-15-12-26(13-16(2)30-15)20-9-8-18(11-23-20)24-22(28)17-6-5-7-19(10-17)29-14-21(27)25(3)4/h5-11,15-16H,12-14H2,1-4H3,(H,24,28). The Morgan fingerprint density at radius 3 is 2.57 bits per heavy atom. The molecule has 0 bridgehead atoms. The number of benzene rings is 1. The molecule has 30 heavy (non-hydrogen) atoms. The largest absolute Gasteiger partial charge is 0.484 e. The summed E-state index contributed by atoms with van der Waals surface area (Å²) in [5.41, 5.74) is 1.04. The first-order valence-electron chi connectivity index (χ1n) is 9.92. The number of morpholine rings is 1. The van der Waals surface area contributed by atoms with Crippen molar-refractivity contribution in [1.29, 1.82) is 0 Å². The Kier molecular flexibility index (Phi) is 6.89. The number of pyridine rings is 1. The Morgan fingerprint density at radius 2 is 1.93 bits per heavy atom. The van der Waals surface area contributed by atoms with Crippen LogP contribution in [-0.2, 0) is 9.53 Å². The smallest absolute Gasteiger partial charge is 0.259 e. The minimum Gasteiger partial charge on any atom is -0.484 e. The lowest BCUT2D eigenvalue weighted by molar-refractivity contribution is -0.130. The van der Waals surface area contributed by atoms with Gasteiger partial charge in [-0.25, -0.2) is 4.98 Å². The number of anilines is 2. The highest BCUT2D eigenvalue weighted by atomic mass is 16.5. The average molecular weight is 412 g/mol. The second-order valence-corrected chi connectivity index (χ2v) is 7.63. The van der Waals surface area contributed by atoms with Gasteiger partial charge in [0.1, 0.15) is 11.6 Å². The third kappa shape index (κ3) is 5.70. The molecule has 0 saturated carbocycles. The molecule has 8 nitrogen and oxygen atoms in total. The first-order chi connectivity index (χ1) is 14.3. The van der Waals surface area contributed by atoms with Crippen LogP contribution in [0.1, 0.15) is 24.2 Å². The predicted molar refractivity (Wildman–Crippen MR) is 115 cm³/mol. The highest BCUT2D eigenvalue weighted by molar-refractivity contribution is 6.04. The van der Waals surface area contributed by atoms with Crippen LogP contribution in [0.25, 0.3) is 0 Å². The van der Waals surface area contributed by atoms with Crippen molar-refractivity contribution in [3.05, 3.63) is 48.2 Å². The van der Waals surface area contributed by atoms with E-state index in [1.54, 1.807) is 44.6 Å². The van der Waals surface area contributed by atoms with Crippen molar-refractivity contribution in [2.24, 2.45) is 0 Å². The molecule has 1 fully saturated rings. The molecule has 3 rings (SSSR count). The molecule has 160 valence electrons. The maximum absolute atomic E-state index is 12.6. The first kappa shape index (κ1) is 21.6. The summed E-state index contributed by atoms with van der Waals surface area (Å²) in [4.78, 5) is 32.4. The maximum atomic E-state index is 12.6. The molecule has 2 amide bonds. The molecule has 1 aliphatic heterocycles. The van der Waals surface area contributed by atoms with E-state index in [9.17, 15) is 9.59 Å². The molecule has 1 aliphatic rings. The van der Waals surface area contributed by atoms with E-state index in [0.29, 0.717) is 17.0 Å². The fourth-order valence-corrected chi connectivity index (χ4v) is 3.22. The minimum atomic E-state index is -0.275. The van der Waals surface area contributed by atoms with E-state index >= 15 is 0 Å². The highest BCUT2D eigenvalue weighted by Gasteiger charge is 2.23. The number of hydrogen-bond donors (Lipinski definition) is 1. The molecule has 1 aromatic carbocycles. The van der Waals surface area contributed by atoms with Crippen LogP contribution in [0, 0.1) is 0 Å². The molecule has 1 saturated heterocycles. The van der Waals surface area contributed by atoms with E-state index in [1.165, 1.54) is 4.90 Å². The summed E-state index contributed by atoms with van der Waals surface area (Å²) in [6, 6.07) is 10.5. The van der Waals surface area contributed by atoms with E-state index in [0.717, 1.165) is 18.9 Å². The van der Waals surface area contributed by atoms with Crippen LogP contribution in [0.15, 0.2) is 42.6 Å². The third-order valence-corrected chi connectivity index (χ3v) is 4.71. The van der Waals surface area contributed by atoms with Gasteiger partial charge in [-0.2, -0.15) is 0 Å². The van der Waals surface area contributed by atoms with Crippen molar-refractivity contribution < 1.29 is 19.1 Å². The van der Waals surface area contributed by atoms with E-state index in [1.807, 2.05) is 26.0 Å². The number of nitrogens with zero attached hydrogens (tertiary/aromatic N) is 3. The summed E-state index contributed by atoms with van der Waals surface area (Å²) < 4.78 is 11.2. The second kappa shape index (κ2) is 9.58. The molecular formula is C22H28N4O4. The van der Waals surface area contributed by atoms with Gasteiger partial charge in [0.25, 0.3) is 11.8 Å². The second-order valence-electron chi connectivity index (χ2n) is 7.63. The average Bonchev–Trinajstić information content (AvgIpc) is 2.72. The zero-order valence-corrected chi connectivity index (χ0v) is 17.8. The van der Waals surface area contributed by atoms with Crippen molar-refractivity contribution in [2.45, 2.75) is 26.1 Å². The van der Waals surface area contributed by atoms with Gasteiger partial charge in [-0.3, -0.25) is 9.59 Å². The number of ether oxygens (including phenoxy) is 2. The number of hydrogen-bond acceptors (Lipinski definition) is 6. The summed E-state index contributed by atoms with van der Waals surface area (Å²) >= 11 is 0. The maximum Gasteiger partial charge on any atom is 0.259 e. The summed E-state index contributed by atoms with van der Waals surface area (Å²) in [6.07, 6.45) is 1.95. The number of carbonyl (C=O) groups excluding carboxylic acids is 2. The molecule has 8 heteroatoms. The van der Waals surface area contributed by atoms with Gasteiger partial charge >= 0.3 is 0 Å². The Balaban J connectivity index is 1.60. The molecule has 2 atom stereocenters. The topological polar surface area (TPSA) is 84.0 Å². The zero-order chi connectivity index (χ0) is 21.7. The highest BCUT2D eigenvalue weighted by Crippen LogP contribution is 2.20. The molecular weight excluding hydrogens is 384 g/mol. The van der Waals surface area contributed by atoms with E-state index in [2.05, 4.69) is 15.2 Å².